The summed E-state index contributed by atoms with van der Waals surface area (Å²) in [4.78, 5) is 30.0. The Balaban J connectivity index is 0.00000113. The summed E-state index contributed by atoms with van der Waals surface area (Å²) in [6.07, 6.45) is 0.250. The number of carbonyl (C=O) groups is 1. The van der Waals surface area contributed by atoms with Gasteiger partial charge in [0.25, 0.3) is 5.92 Å². The number of aromatic carboxylic acids is 1. The number of anilines is 1. The molecular formula is C31H26F4N2O5. The van der Waals surface area contributed by atoms with Gasteiger partial charge in [-0.2, -0.15) is 18.4 Å². The topological polar surface area (TPSA) is 93.7 Å². The van der Waals surface area contributed by atoms with Crippen LogP contribution in [0.3, 0.4) is 0 Å². The third-order valence-corrected chi connectivity index (χ3v) is 7.48. The number of carboxylic acid groups (broad SMARTS) is 1. The Kier molecular flexibility index (Phi) is 6.97. The van der Waals surface area contributed by atoms with E-state index in [4.69, 9.17) is 14.0 Å². The maximum atomic E-state index is 13.6. The molecule has 0 saturated carbocycles. The lowest BCUT2D eigenvalue weighted by molar-refractivity contribution is -0.255. The summed E-state index contributed by atoms with van der Waals surface area (Å²) in [6, 6.07) is 15.3. The molecule has 0 radical (unpaired) electrons. The largest absolute Gasteiger partial charge is 0.545 e. The molecule has 1 aliphatic carbocycles. The van der Waals surface area contributed by atoms with Crippen molar-refractivity contribution in [2.24, 2.45) is 0 Å². The maximum Gasteiger partial charge on any atom is 0.373 e. The van der Waals surface area contributed by atoms with Crippen LogP contribution in [0, 0.1) is 0 Å². The first kappa shape index (κ1) is 29.0. The highest BCUT2D eigenvalue weighted by Gasteiger charge is 2.50. The van der Waals surface area contributed by atoms with Crippen molar-refractivity contribution in [3.8, 4) is 22.5 Å². The Morgan fingerprint density at radius 2 is 1.60 bits per heavy atom. The molecule has 6 rings (SSSR count). The number of nitrogens with zero attached hydrogens (tertiary/aromatic N) is 2. The van der Waals surface area contributed by atoms with Gasteiger partial charge >= 0.3 is 12.1 Å². The van der Waals surface area contributed by atoms with Gasteiger partial charge < -0.3 is 19.2 Å². The van der Waals surface area contributed by atoms with Crippen molar-refractivity contribution in [3.05, 3.63) is 71.1 Å². The van der Waals surface area contributed by atoms with Crippen LogP contribution in [0.2, 0.25) is 0 Å². The van der Waals surface area contributed by atoms with E-state index in [1.54, 1.807) is 42.5 Å². The van der Waals surface area contributed by atoms with Crippen molar-refractivity contribution < 1.29 is 41.5 Å². The Hall–Kier alpha value is -4.50. The number of carboxylic acids is 1. The van der Waals surface area contributed by atoms with Crippen molar-refractivity contribution >= 4 is 28.8 Å². The highest BCUT2D eigenvalue weighted by atomic mass is 19.3. The predicted octanol–water partition coefficient (Wildman–Crippen LogP) is 4.16. The Bertz CT molecular complexity index is 1780. The van der Waals surface area contributed by atoms with E-state index in [0.717, 1.165) is 5.56 Å². The van der Waals surface area contributed by atoms with Crippen LogP contribution in [0.15, 0.2) is 59.0 Å². The molecule has 7 nitrogen and oxygen atoms in total. The first-order valence-electron chi connectivity index (χ1n) is 13.1. The van der Waals surface area contributed by atoms with E-state index in [2.05, 4.69) is 0 Å². The standard InChI is InChI=1S/C30H26F4N2O3.CO2/c1-28(2,3)17-4-7-20(27(37)38)23(10-17)26-21-8-5-18(35-13-29(31,32)14-35)11-24(21)39-25-12-19(6-9-22(25)26)36-15-30(33,34)16-36;2-1-3/h4-12H,13-16H2,1-3H3;. The average molecular weight is 583 g/mol. The molecule has 4 aliphatic rings. The van der Waals surface area contributed by atoms with Crippen LogP contribution < -0.4 is 19.9 Å². The summed E-state index contributed by atoms with van der Waals surface area (Å²) in [5.41, 5.74) is 3.13. The van der Waals surface area contributed by atoms with Crippen molar-refractivity contribution in [2.75, 3.05) is 31.1 Å². The average Bonchev–Trinajstić information content (AvgIpc) is 2.87. The number of carbonyl (C=O) groups excluding carboxylic acids is 3. The number of alkyl halides is 4. The van der Waals surface area contributed by atoms with Gasteiger partial charge in [-0.05, 0) is 40.8 Å². The van der Waals surface area contributed by atoms with Crippen molar-refractivity contribution in [3.63, 3.8) is 0 Å². The fourth-order valence-corrected chi connectivity index (χ4v) is 5.34. The zero-order chi connectivity index (χ0) is 30.6. The van der Waals surface area contributed by atoms with E-state index in [0.29, 0.717) is 44.5 Å². The molecule has 2 aromatic carbocycles. The quantitative estimate of drug-likeness (QED) is 0.205. The maximum absolute atomic E-state index is 13.6. The van der Waals surface area contributed by atoms with Gasteiger partial charge in [0, 0.05) is 39.9 Å². The lowest BCUT2D eigenvalue weighted by Gasteiger charge is -2.40. The van der Waals surface area contributed by atoms with Gasteiger partial charge in [-0.15, -0.1) is 0 Å². The zero-order valence-corrected chi connectivity index (χ0v) is 23.0. The normalized spacial score (nSPS) is 17.1. The van der Waals surface area contributed by atoms with E-state index >= 15 is 0 Å². The molecule has 3 aliphatic heterocycles. The number of fused-ring (bicyclic) bond motifs is 2. The Labute approximate surface area is 237 Å². The van der Waals surface area contributed by atoms with E-state index in [-0.39, 0.29) is 17.1 Å². The van der Waals surface area contributed by atoms with Gasteiger partial charge in [-0.3, -0.25) is 0 Å². The van der Waals surface area contributed by atoms with Crippen LogP contribution in [0.25, 0.3) is 33.4 Å². The molecule has 2 aromatic rings. The summed E-state index contributed by atoms with van der Waals surface area (Å²) >= 11 is 0. The van der Waals surface area contributed by atoms with E-state index in [1.165, 1.54) is 15.5 Å². The van der Waals surface area contributed by atoms with E-state index in [9.17, 15) is 27.5 Å². The van der Waals surface area contributed by atoms with Gasteiger partial charge in [0.1, 0.15) is 11.3 Å². The summed E-state index contributed by atoms with van der Waals surface area (Å²) in [5, 5.41) is 13.4. The molecule has 2 fully saturated rings. The molecule has 0 aromatic heterocycles. The van der Waals surface area contributed by atoms with Crippen LogP contribution in [-0.4, -0.2) is 50.1 Å². The molecule has 0 unspecified atom stereocenters. The molecule has 42 heavy (non-hydrogen) atoms. The molecule has 0 N–H and O–H groups in total. The molecule has 11 heteroatoms. The Morgan fingerprint density at radius 3 is 2.17 bits per heavy atom. The van der Waals surface area contributed by atoms with Gasteiger partial charge in [0.2, 0.25) is 18.4 Å². The van der Waals surface area contributed by atoms with Crippen LogP contribution in [0.1, 0.15) is 36.7 Å². The number of halogens is 4. The molecule has 0 atom stereocenters. The molecule has 0 spiro atoms. The Morgan fingerprint density at radius 1 is 0.929 bits per heavy atom. The minimum absolute atomic E-state index is 0.00489. The van der Waals surface area contributed by atoms with Gasteiger partial charge in [-0.25, -0.2) is 13.4 Å². The molecular weight excluding hydrogens is 556 g/mol. The summed E-state index contributed by atoms with van der Waals surface area (Å²) in [7, 11) is 0. The zero-order valence-electron chi connectivity index (χ0n) is 23.0. The van der Waals surface area contributed by atoms with Crippen molar-refractivity contribution in [1.82, 2.24) is 4.58 Å². The van der Waals surface area contributed by atoms with Crippen LogP contribution in [0.4, 0.5) is 23.2 Å². The molecule has 2 saturated heterocycles. The van der Waals surface area contributed by atoms with Crippen LogP contribution >= 0.6 is 0 Å². The number of rotatable bonds is 3. The monoisotopic (exact) mass is 582 g/mol. The summed E-state index contributed by atoms with van der Waals surface area (Å²) < 4.78 is 62.0. The minimum Gasteiger partial charge on any atom is -0.545 e. The predicted molar refractivity (Wildman–Crippen MR) is 143 cm³/mol. The minimum atomic E-state index is -2.76. The molecule has 3 heterocycles. The van der Waals surface area contributed by atoms with E-state index < -0.39 is 44.0 Å². The van der Waals surface area contributed by atoms with Crippen molar-refractivity contribution in [1.29, 1.82) is 0 Å². The second-order valence-corrected chi connectivity index (χ2v) is 11.6. The first-order valence-corrected chi connectivity index (χ1v) is 13.1. The summed E-state index contributed by atoms with van der Waals surface area (Å²) in [6.45, 7) is 4.43. The summed E-state index contributed by atoms with van der Waals surface area (Å²) in [5.74, 6) is -6.50. The van der Waals surface area contributed by atoms with E-state index in [1.807, 2.05) is 26.8 Å². The van der Waals surface area contributed by atoms with Gasteiger partial charge in [0.05, 0.1) is 25.1 Å². The number of benzene rings is 3. The highest BCUT2D eigenvalue weighted by molar-refractivity contribution is 6.07. The fraction of sp³-hybridized carbons (Fsp3) is 0.323. The van der Waals surface area contributed by atoms with Crippen molar-refractivity contribution in [2.45, 2.75) is 38.0 Å². The lowest BCUT2D eigenvalue weighted by atomic mass is 9.82. The third-order valence-electron chi connectivity index (χ3n) is 7.48. The highest BCUT2D eigenvalue weighted by Crippen LogP contribution is 2.44. The second-order valence-electron chi connectivity index (χ2n) is 11.6. The first-order chi connectivity index (χ1) is 19.6. The SMILES string of the molecule is CC(C)(C)c1ccc(C(=O)[O-])c(-c2c3ccc(=[N+]4CC(F)(F)C4)cc-3oc3cc(N4CC(F)(F)C4)ccc23)c1.O=C=O. The smallest absolute Gasteiger partial charge is 0.373 e. The number of hydrogen-bond donors (Lipinski definition) is 0. The number of hydrogen-bond acceptors (Lipinski definition) is 6. The van der Waals surface area contributed by atoms with Gasteiger partial charge in [0.15, 0.2) is 0 Å². The van der Waals surface area contributed by atoms with Gasteiger partial charge in [-0.1, -0.05) is 32.9 Å². The van der Waals surface area contributed by atoms with Crippen LogP contribution in [0.5, 0.6) is 0 Å². The fourth-order valence-electron chi connectivity index (χ4n) is 5.34. The third kappa shape index (κ3) is 5.39. The molecule has 0 amide bonds. The second kappa shape index (κ2) is 10.1. The molecule has 0 bridgehead atoms. The van der Waals surface area contributed by atoms with Crippen LogP contribution in [-0.2, 0) is 15.0 Å². The lowest BCUT2D eigenvalue weighted by Crippen LogP contribution is -2.57. The molecule has 218 valence electrons.